The first-order valence-electron chi connectivity index (χ1n) is 7.60. The Labute approximate surface area is 151 Å². The largest absolute Gasteiger partial charge is 0.508 e. The van der Waals surface area contributed by atoms with Crippen LogP contribution in [0.25, 0.3) is 0 Å². The molecule has 0 spiro atoms. The van der Waals surface area contributed by atoms with Gasteiger partial charge >= 0.3 is 6.80 Å². The molecule has 0 amide bonds. The number of benzene rings is 2. The van der Waals surface area contributed by atoms with E-state index in [1.807, 2.05) is 30.3 Å². The Balaban J connectivity index is 2.48. The van der Waals surface area contributed by atoms with Gasteiger partial charge in [-0.15, -0.1) is 0 Å². The molecular weight excluding hydrogens is 367 g/mol. The molecule has 1 unspecified atom stereocenters. The van der Waals surface area contributed by atoms with Crippen LogP contribution in [0, 0.1) is 0 Å². The van der Waals surface area contributed by atoms with Gasteiger partial charge in [0, 0.05) is 10.6 Å². The van der Waals surface area contributed by atoms with Crippen LogP contribution in [0.4, 0.5) is 0 Å². The lowest BCUT2D eigenvalue weighted by Gasteiger charge is -2.23. The maximum atomic E-state index is 13.0. The summed E-state index contributed by atoms with van der Waals surface area (Å²) in [6, 6.07) is 14.3. The van der Waals surface area contributed by atoms with Crippen LogP contribution < -0.4 is 0 Å². The molecule has 24 heavy (non-hydrogen) atoms. The zero-order valence-corrected chi connectivity index (χ0v) is 16.0. The second-order valence-corrected chi connectivity index (χ2v) is 9.39. The SMILES string of the molecule is CCOP(=O)(OCC)SC(c1ccccc1)c1cc(Cl)ccc1O. The molecule has 4 nitrogen and oxygen atoms in total. The van der Waals surface area contributed by atoms with Crippen molar-refractivity contribution < 1.29 is 18.7 Å². The molecule has 2 aromatic carbocycles. The molecule has 1 atom stereocenters. The van der Waals surface area contributed by atoms with Crippen LogP contribution >= 0.6 is 29.8 Å². The van der Waals surface area contributed by atoms with E-state index >= 15 is 0 Å². The third kappa shape index (κ3) is 5.01. The van der Waals surface area contributed by atoms with Crippen LogP contribution in [0.5, 0.6) is 5.75 Å². The standard InChI is InChI=1S/C17H20ClO4PS/c1-3-21-23(20,22-4-2)24-17(13-8-6-5-7-9-13)15-12-14(18)10-11-16(15)19/h5-12,17,19H,3-4H2,1-2H3. The molecule has 130 valence electrons. The second-order valence-electron chi connectivity index (χ2n) is 4.88. The minimum absolute atomic E-state index is 0.0836. The molecular formula is C17H20ClO4PS. The van der Waals surface area contributed by atoms with Crippen molar-refractivity contribution in [1.29, 1.82) is 0 Å². The number of hydrogen-bond acceptors (Lipinski definition) is 5. The smallest absolute Gasteiger partial charge is 0.390 e. The molecule has 0 fully saturated rings. The summed E-state index contributed by atoms with van der Waals surface area (Å²) in [4.78, 5) is 0. The third-order valence-corrected chi connectivity index (χ3v) is 7.60. The van der Waals surface area contributed by atoms with E-state index in [-0.39, 0.29) is 19.0 Å². The van der Waals surface area contributed by atoms with Crippen molar-refractivity contribution in [3.05, 3.63) is 64.7 Å². The Morgan fingerprint density at radius 3 is 2.33 bits per heavy atom. The number of phenolic OH excluding ortho intramolecular Hbond substituents is 1. The highest BCUT2D eigenvalue weighted by Crippen LogP contribution is 2.67. The number of rotatable bonds is 8. The summed E-state index contributed by atoms with van der Waals surface area (Å²) in [5, 5.41) is 10.3. The van der Waals surface area contributed by atoms with Crippen molar-refractivity contribution in [3.63, 3.8) is 0 Å². The Morgan fingerprint density at radius 1 is 1.12 bits per heavy atom. The summed E-state index contributed by atoms with van der Waals surface area (Å²) in [6.45, 7) is 0.692. The molecule has 0 saturated heterocycles. The van der Waals surface area contributed by atoms with Gasteiger partial charge in [0.2, 0.25) is 0 Å². The topological polar surface area (TPSA) is 55.8 Å². The number of halogens is 1. The van der Waals surface area contributed by atoms with Gasteiger partial charge in [-0.3, -0.25) is 0 Å². The first-order valence-corrected chi connectivity index (χ1v) is 11.0. The average Bonchev–Trinajstić information content (AvgIpc) is 2.56. The number of phenols is 1. The Morgan fingerprint density at radius 2 is 1.75 bits per heavy atom. The molecule has 1 N–H and O–H groups in total. The average molecular weight is 387 g/mol. The van der Waals surface area contributed by atoms with E-state index in [0.29, 0.717) is 10.6 Å². The van der Waals surface area contributed by atoms with Gasteiger partial charge in [0.15, 0.2) is 0 Å². The summed E-state index contributed by atoms with van der Waals surface area (Å²) in [5.74, 6) is 0.0836. The van der Waals surface area contributed by atoms with Crippen LogP contribution in [0.15, 0.2) is 48.5 Å². The summed E-state index contributed by atoms with van der Waals surface area (Å²) < 4.78 is 23.8. The molecule has 0 aliphatic rings. The lowest BCUT2D eigenvalue weighted by molar-refractivity contribution is 0.236. The van der Waals surface area contributed by atoms with Gasteiger partial charge in [0.1, 0.15) is 5.75 Å². The molecule has 0 radical (unpaired) electrons. The van der Waals surface area contributed by atoms with Crippen molar-refractivity contribution in [2.45, 2.75) is 19.1 Å². The summed E-state index contributed by atoms with van der Waals surface area (Å²) >= 11 is 7.15. The van der Waals surface area contributed by atoms with Gasteiger partial charge in [-0.1, -0.05) is 41.9 Å². The van der Waals surface area contributed by atoms with E-state index in [9.17, 15) is 9.67 Å². The summed E-state index contributed by atoms with van der Waals surface area (Å²) in [5.41, 5.74) is 1.44. The van der Waals surface area contributed by atoms with E-state index in [4.69, 9.17) is 20.6 Å². The minimum atomic E-state index is -3.38. The Hall–Kier alpha value is -0.970. The Bertz CT molecular complexity index is 701. The molecule has 2 aromatic rings. The van der Waals surface area contributed by atoms with E-state index in [0.717, 1.165) is 16.9 Å². The summed E-state index contributed by atoms with van der Waals surface area (Å²) in [6.07, 6.45) is 0. The van der Waals surface area contributed by atoms with Crippen molar-refractivity contribution in [1.82, 2.24) is 0 Å². The van der Waals surface area contributed by atoms with Gasteiger partial charge in [-0.05, 0) is 49.0 Å². The molecule has 0 bridgehead atoms. The molecule has 0 aliphatic heterocycles. The van der Waals surface area contributed by atoms with Gasteiger partial charge in [-0.2, -0.15) is 0 Å². The fourth-order valence-corrected chi connectivity index (χ4v) is 6.53. The highest BCUT2D eigenvalue weighted by atomic mass is 35.5. The van der Waals surface area contributed by atoms with E-state index < -0.39 is 12.0 Å². The van der Waals surface area contributed by atoms with Gasteiger partial charge in [-0.25, -0.2) is 4.57 Å². The molecule has 2 rings (SSSR count). The van der Waals surface area contributed by atoms with E-state index in [1.54, 1.807) is 26.0 Å². The minimum Gasteiger partial charge on any atom is -0.508 e. The number of hydrogen-bond donors (Lipinski definition) is 1. The van der Waals surface area contributed by atoms with Crippen molar-refractivity contribution in [2.75, 3.05) is 13.2 Å². The van der Waals surface area contributed by atoms with Crippen molar-refractivity contribution in [3.8, 4) is 5.75 Å². The van der Waals surface area contributed by atoms with Crippen LogP contribution in [0.3, 0.4) is 0 Å². The van der Waals surface area contributed by atoms with Crippen molar-refractivity contribution in [2.24, 2.45) is 0 Å². The fraction of sp³-hybridized carbons (Fsp3) is 0.294. The van der Waals surface area contributed by atoms with Gasteiger partial charge < -0.3 is 14.2 Å². The molecule has 7 heteroatoms. The first-order chi connectivity index (χ1) is 11.5. The summed E-state index contributed by atoms with van der Waals surface area (Å²) in [7, 11) is 0. The maximum absolute atomic E-state index is 13.0. The van der Waals surface area contributed by atoms with E-state index in [1.165, 1.54) is 6.07 Å². The molecule has 0 aromatic heterocycles. The molecule has 0 saturated carbocycles. The zero-order valence-electron chi connectivity index (χ0n) is 13.5. The Kier molecular flexibility index (Phi) is 7.20. The first kappa shape index (κ1) is 19.4. The normalized spacial score (nSPS) is 13.0. The monoisotopic (exact) mass is 386 g/mol. The van der Waals surface area contributed by atoms with E-state index in [2.05, 4.69) is 0 Å². The quantitative estimate of drug-likeness (QED) is 0.559. The van der Waals surface area contributed by atoms with Crippen LogP contribution in [0.1, 0.15) is 30.2 Å². The molecule has 0 heterocycles. The van der Waals surface area contributed by atoms with Gasteiger partial charge in [0.25, 0.3) is 0 Å². The lowest BCUT2D eigenvalue weighted by atomic mass is 10.0. The fourth-order valence-electron chi connectivity index (χ4n) is 2.20. The maximum Gasteiger partial charge on any atom is 0.390 e. The molecule has 0 aliphatic carbocycles. The van der Waals surface area contributed by atoms with Crippen LogP contribution in [0.2, 0.25) is 5.02 Å². The predicted molar refractivity (Wildman–Crippen MR) is 99.9 cm³/mol. The van der Waals surface area contributed by atoms with Crippen LogP contribution in [-0.4, -0.2) is 18.3 Å². The number of aromatic hydroxyl groups is 1. The van der Waals surface area contributed by atoms with Gasteiger partial charge in [0.05, 0.1) is 18.5 Å². The highest BCUT2D eigenvalue weighted by Gasteiger charge is 2.32. The predicted octanol–water partition coefficient (Wildman–Crippen LogP) is 6.05. The highest BCUT2D eigenvalue weighted by molar-refractivity contribution is 8.55. The second kappa shape index (κ2) is 8.93. The zero-order chi connectivity index (χ0) is 17.6. The van der Waals surface area contributed by atoms with Crippen molar-refractivity contribution >= 4 is 29.8 Å². The van der Waals surface area contributed by atoms with Crippen LogP contribution in [-0.2, 0) is 13.6 Å². The lowest BCUT2D eigenvalue weighted by Crippen LogP contribution is -2.01. The third-order valence-electron chi connectivity index (χ3n) is 3.18.